The Kier molecular flexibility index (Phi) is 4.27. The van der Waals surface area contributed by atoms with Gasteiger partial charge in [-0.1, -0.05) is 12.1 Å². The second kappa shape index (κ2) is 5.67. The highest BCUT2D eigenvalue weighted by molar-refractivity contribution is 5.76. The zero-order valence-electron chi connectivity index (χ0n) is 11.7. The zero-order chi connectivity index (χ0) is 15.7. The van der Waals surface area contributed by atoms with Crippen molar-refractivity contribution in [2.75, 3.05) is 6.54 Å². The van der Waals surface area contributed by atoms with Gasteiger partial charge in [0.15, 0.2) is 0 Å². The topological polar surface area (TPSA) is 43.4 Å². The van der Waals surface area contributed by atoms with Crippen molar-refractivity contribution in [2.45, 2.75) is 44.4 Å². The van der Waals surface area contributed by atoms with Crippen molar-refractivity contribution in [3.63, 3.8) is 0 Å². The van der Waals surface area contributed by atoms with Crippen LogP contribution in [0.15, 0.2) is 24.3 Å². The Morgan fingerprint density at radius 1 is 1.29 bits per heavy atom. The molecule has 1 unspecified atom stereocenters. The summed E-state index contributed by atoms with van der Waals surface area (Å²) in [6.45, 7) is 2.53. The molecule has 0 aromatic heterocycles. The van der Waals surface area contributed by atoms with E-state index in [9.17, 15) is 23.1 Å². The maximum atomic E-state index is 12.5. The standard InChI is InChI=1S/C15H18F3NO2/c1-14(13(20)21)8-2-3-9-19(14)10-11-4-6-12(7-5-11)15(16,17)18/h4-7H,2-3,8-10H2,1H3,(H,20,21)/p-1. The summed E-state index contributed by atoms with van der Waals surface area (Å²) >= 11 is 0. The summed E-state index contributed by atoms with van der Waals surface area (Å²) in [5.74, 6) is -1.13. The number of carbonyl (C=O) groups excluding carboxylic acids is 1. The molecule has 1 fully saturated rings. The van der Waals surface area contributed by atoms with E-state index >= 15 is 0 Å². The van der Waals surface area contributed by atoms with Crippen molar-refractivity contribution in [1.29, 1.82) is 0 Å². The van der Waals surface area contributed by atoms with E-state index in [1.54, 1.807) is 11.8 Å². The highest BCUT2D eigenvalue weighted by Gasteiger charge is 2.36. The summed E-state index contributed by atoms with van der Waals surface area (Å²) in [4.78, 5) is 13.1. The fourth-order valence-electron chi connectivity index (χ4n) is 2.68. The monoisotopic (exact) mass is 300 g/mol. The van der Waals surface area contributed by atoms with Crippen molar-refractivity contribution in [3.05, 3.63) is 35.4 Å². The molecular weight excluding hydrogens is 283 g/mol. The largest absolute Gasteiger partial charge is 0.548 e. The number of carboxylic acids is 1. The Morgan fingerprint density at radius 3 is 2.43 bits per heavy atom. The third-order valence-electron chi connectivity index (χ3n) is 4.13. The van der Waals surface area contributed by atoms with Gasteiger partial charge in [0.05, 0.1) is 17.1 Å². The van der Waals surface area contributed by atoms with Crippen molar-refractivity contribution in [3.8, 4) is 0 Å². The number of carboxylic acid groups (broad SMARTS) is 1. The second-order valence-electron chi connectivity index (χ2n) is 5.63. The molecule has 0 saturated carbocycles. The number of nitrogens with zero attached hydrogens (tertiary/aromatic N) is 1. The van der Waals surface area contributed by atoms with E-state index in [4.69, 9.17) is 0 Å². The average Bonchev–Trinajstić information content (AvgIpc) is 2.41. The predicted molar refractivity (Wildman–Crippen MR) is 69.1 cm³/mol. The van der Waals surface area contributed by atoms with Crippen LogP contribution in [0.3, 0.4) is 0 Å². The fraction of sp³-hybridized carbons (Fsp3) is 0.533. The molecule has 0 bridgehead atoms. The minimum atomic E-state index is -4.36. The van der Waals surface area contributed by atoms with Gasteiger partial charge in [-0.2, -0.15) is 13.2 Å². The maximum absolute atomic E-state index is 12.5. The molecule has 1 heterocycles. The summed E-state index contributed by atoms with van der Waals surface area (Å²) in [7, 11) is 0. The molecule has 3 nitrogen and oxygen atoms in total. The first-order chi connectivity index (χ1) is 9.73. The molecule has 1 aliphatic rings. The smallest absolute Gasteiger partial charge is 0.416 e. The van der Waals surface area contributed by atoms with Crippen LogP contribution in [-0.4, -0.2) is 23.0 Å². The quantitative estimate of drug-likeness (QED) is 0.859. The van der Waals surface area contributed by atoms with Crippen LogP contribution in [-0.2, 0) is 17.5 Å². The molecule has 0 amide bonds. The van der Waals surface area contributed by atoms with Gasteiger partial charge >= 0.3 is 6.18 Å². The maximum Gasteiger partial charge on any atom is 0.416 e. The number of benzene rings is 1. The lowest BCUT2D eigenvalue weighted by molar-refractivity contribution is -0.320. The Hall–Kier alpha value is -1.56. The van der Waals surface area contributed by atoms with Crippen molar-refractivity contribution in [1.82, 2.24) is 4.90 Å². The molecule has 1 atom stereocenters. The third kappa shape index (κ3) is 3.37. The highest BCUT2D eigenvalue weighted by atomic mass is 19.4. The molecule has 6 heteroatoms. The first kappa shape index (κ1) is 15.8. The highest BCUT2D eigenvalue weighted by Crippen LogP contribution is 2.31. The molecule has 0 aliphatic carbocycles. The Bertz CT molecular complexity index is 513. The summed E-state index contributed by atoms with van der Waals surface area (Å²) in [5.41, 5.74) is -1.09. The van der Waals surface area contributed by atoms with Gasteiger partial charge in [-0.15, -0.1) is 0 Å². The number of hydrogen-bond donors (Lipinski definition) is 0. The zero-order valence-corrected chi connectivity index (χ0v) is 11.7. The first-order valence-corrected chi connectivity index (χ1v) is 6.86. The van der Waals surface area contributed by atoms with E-state index < -0.39 is 23.2 Å². The predicted octanol–water partition coefficient (Wildman–Crippen LogP) is 2.20. The Balaban J connectivity index is 2.15. The lowest BCUT2D eigenvalue weighted by Gasteiger charge is -2.45. The van der Waals surface area contributed by atoms with Gasteiger partial charge in [-0.05, 0) is 50.4 Å². The third-order valence-corrected chi connectivity index (χ3v) is 4.13. The van der Waals surface area contributed by atoms with Gasteiger partial charge in [0.2, 0.25) is 0 Å². The van der Waals surface area contributed by atoms with Crippen LogP contribution < -0.4 is 5.11 Å². The van der Waals surface area contributed by atoms with E-state index in [1.807, 2.05) is 0 Å². The Labute approximate surface area is 121 Å². The number of halogens is 3. The first-order valence-electron chi connectivity index (χ1n) is 6.86. The molecule has 1 aliphatic heterocycles. The van der Waals surface area contributed by atoms with Crippen molar-refractivity contribution < 1.29 is 23.1 Å². The summed E-state index contributed by atoms with van der Waals surface area (Å²) in [6, 6.07) is 4.84. The SMILES string of the molecule is CC1(C(=O)[O-])CCCCN1Cc1ccc(C(F)(F)F)cc1. The fourth-order valence-corrected chi connectivity index (χ4v) is 2.68. The van der Waals surface area contributed by atoms with Crippen LogP contribution in [0.1, 0.15) is 37.3 Å². The van der Waals surface area contributed by atoms with Crippen LogP contribution >= 0.6 is 0 Å². The van der Waals surface area contributed by atoms with Crippen LogP contribution in [0.25, 0.3) is 0 Å². The molecule has 2 rings (SSSR count). The van der Waals surface area contributed by atoms with Gasteiger partial charge in [-0.25, -0.2) is 0 Å². The summed E-state index contributed by atoms with van der Waals surface area (Å²) in [5, 5.41) is 11.4. The number of likely N-dealkylation sites (tertiary alicyclic amines) is 1. The van der Waals surface area contributed by atoms with E-state index in [-0.39, 0.29) is 0 Å². The average molecular weight is 300 g/mol. The minimum Gasteiger partial charge on any atom is -0.548 e. The van der Waals surface area contributed by atoms with Crippen molar-refractivity contribution >= 4 is 5.97 Å². The molecule has 116 valence electrons. The number of hydrogen-bond acceptors (Lipinski definition) is 3. The number of carbonyl (C=O) groups is 1. The summed E-state index contributed by atoms with van der Waals surface area (Å²) in [6.07, 6.45) is -2.17. The number of aliphatic carboxylic acids is 1. The minimum absolute atomic E-state index is 0.308. The van der Waals surface area contributed by atoms with Crippen LogP contribution in [0.5, 0.6) is 0 Å². The number of rotatable bonds is 3. The molecular formula is C15H17F3NO2-. The molecule has 1 aromatic rings. The Morgan fingerprint density at radius 2 is 1.90 bits per heavy atom. The molecule has 1 saturated heterocycles. The molecule has 0 radical (unpaired) electrons. The van der Waals surface area contributed by atoms with Gasteiger partial charge in [0.25, 0.3) is 0 Å². The normalized spacial score (nSPS) is 24.0. The number of alkyl halides is 3. The van der Waals surface area contributed by atoms with Crippen LogP contribution in [0.2, 0.25) is 0 Å². The molecule has 1 aromatic carbocycles. The van der Waals surface area contributed by atoms with E-state index in [1.165, 1.54) is 12.1 Å². The lowest BCUT2D eigenvalue weighted by Crippen LogP contribution is -2.59. The second-order valence-corrected chi connectivity index (χ2v) is 5.63. The van der Waals surface area contributed by atoms with Gasteiger partial charge in [0, 0.05) is 6.54 Å². The lowest BCUT2D eigenvalue weighted by atomic mass is 9.88. The van der Waals surface area contributed by atoms with Crippen LogP contribution in [0.4, 0.5) is 13.2 Å². The molecule has 0 N–H and O–H groups in total. The number of piperidine rings is 1. The van der Waals surface area contributed by atoms with E-state index in [0.717, 1.165) is 25.0 Å². The van der Waals surface area contributed by atoms with Gasteiger partial charge in [-0.3, -0.25) is 4.90 Å². The van der Waals surface area contributed by atoms with Crippen molar-refractivity contribution in [2.24, 2.45) is 0 Å². The van der Waals surface area contributed by atoms with Gasteiger partial charge < -0.3 is 9.90 Å². The van der Waals surface area contributed by atoms with Gasteiger partial charge in [0.1, 0.15) is 0 Å². The molecule has 0 spiro atoms. The van der Waals surface area contributed by atoms with Crippen LogP contribution in [0, 0.1) is 0 Å². The van der Waals surface area contributed by atoms with E-state index in [0.29, 0.717) is 25.1 Å². The summed E-state index contributed by atoms with van der Waals surface area (Å²) < 4.78 is 37.5. The van der Waals surface area contributed by atoms with E-state index in [2.05, 4.69) is 0 Å². The molecule has 21 heavy (non-hydrogen) atoms.